The molecule has 0 aliphatic rings. The number of carbonyl (C=O) groups is 1. The molecule has 32 heavy (non-hydrogen) atoms. The molecule has 0 radical (unpaired) electrons. The molecule has 0 fully saturated rings. The number of nitro benzene ring substituents is 1. The van der Waals surface area contributed by atoms with Crippen LogP contribution in [0.2, 0.25) is 0 Å². The SMILES string of the molecule is Cc1nn(C(C)(C)C)c(OC(=O)C(C)Oc2ccccc2)c1Sc1ccccc1[N+](=O)[O-]. The maximum atomic E-state index is 12.9. The quantitative estimate of drug-likeness (QED) is 0.268. The Morgan fingerprint density at radius 3 is 2.38 bits per heavy atom. The summed E-state index contributed by atoms with van der Waals surface area (Å²) >= 11 is 1.15. The number of hydrogen-bond donors (Lipinski definition) is 0. The van der Waals surface area contributed by atoms with Crippen molar-refractivity contribution in [2.45, 2.75) is 56.1 Å². The van der Waals surface area contributed by atoms with E-state index in [1.54, 1.807) is 48.9 Å². The number of nitrogens with zero attached hydrogens (tertiary/aromatic N) is 3. The molecule has 9 heteroatoms. The lowest BCUT2D eigenvalue weighted by atomic mass is 10.1. The molecule has 0 bridgehead atoms. The van der Waals surface area contributed by atoms with Crippen LogP contribution in [0.5, 0.6) is 11.6 Å². The van der Waals surface area contributed by atoms with E-state index in [1.165, 1.54) is 6.07 Å². The minimum Gasteiger partial charge on any atom is -0.479 e. The fraction of sp³-hybridized carbons (Fsp3) is 0.304. The van der Waals surface area contributed by atoms with E-state index in [1.807, 2.05) is 39.0 Å². The average molecular weight is 456 g/mol. The largest absolute Gasteiger partial charge is 0.479 e. The van der Waals surface area contributed by atoms with Crippen molar-refractivity contribution in [3.05, 3.63) is 70.4 Å². The predicted octanol–water partition coefficient (Wildman–Crippen LogP) is 5.38. The number of aromatic nitrogens is 2. The van der Waals surface area contributed by atoms with Crippen LogP contribution >= 0.6 is 11.8 Å². The summed E-state index contributed by atoms with van der Waals surface area (Å²) < 4.78 is 13.1. The van der Waals surface area contributed by atoms with E-state index in [2.05, 4.69) is 5.10 Å². The van der Waals surface area contributed by atoms with Gasteiger partial charge in [0, 0.05) is 6.07 Å². The highest BCUT2D eigenvalue weighted by Gasteiger charge is 2.30. The third kappa shape index (κ3) is 5.28. The van der Waals surface area contributed by atoms with Gasteiger partial charge >= 0.3 is 5.97 Å². The minimum absolute atomic E-state index is 0.0292. The second-order valence-electron chi connectivity index (χ2n) is 8.12. The Bertz CT molecular complexity index is 1120. The topological polar surface area (TPSA) is 96.5 Å². The molecular weight excluding hydrogens is 430 g/mol. The molecule has 1 aromatic heterocycles. The van der Waals surface area contributed by atoms with E-state index in [0.29, 0.717) is 21.2 Å². The highest BCUT2D eigenvalue weighted by atomic mass is 32.2. The Hall–Kier alpha value is -3.33. The third-order valence-electron chi connectivity index (χ3n) is 4.46. The zero-order valence-electron chi connectivity index (χ0n) is 18.6. The van der Waals surface area contributed by atoms with Crippen molar-refractivity contribution in [3.63, 3.8) is 0 Å². The molecule has 0 saturated heterocycles. The smallest absolute Gasteiger partial charge is 0.353 e. The number of nitro groups is 1. The number of ether oxygens (including phenoxy) is 2. The van der Waals surface area contributed by atoms with Crippen LogP contribution in [0, 0.1) is 17.0 Å². The number of hydrogen-bond acceptors (Lipinski definition) is 7. The predicted molar refractivity (Wildman–Crippen MR) is 121 cm³/mol. The first-order valence-electron chi connectivity index (χ1n) is 10.0. The highest BCUT2D eigenvalue weighted by Crippen LogP contribution is 2.43. The lowest BCUT2D eigenvalue weighted by molar-refractivity contribution is -0.387. The number of para-hydroxylation sites is 2. The van der Waals surface area contributed by atoms with Gasteiger partial charge in [-0.1, -0.05) is 42.1 Å². The molecule has 1 heterocycles. The first-order chi connectivity index (χ1) is 15.1. The van der Waals surface area contributed by atoms with Crippen LogP contribution in [-0.4, -0.2) is 26.8 Å². The molecule has 3 rings (SSSR count). The van der Waals surface area contributed by atoms with Crippen LogP contribution in [0.4, 0.5) is 5.69 Å². The van der Waals surface area contributed by atoms with Crippen molar-refractivity contribution < 1.29 is 19.2 Å². The summed E-state index contributed by atoms with van der Waals surface area (Å²) in [4.78, 5) is 24.9. The van der Waals surface area contributed by atoms with Gasteiger partial charge in [0.1, 0.15) is 5.75 Å². The van der Waals surface area contributed by atoms with Gasteiger partial charge < -0.3 is 9.47 Å². The van der Waals surface area contributed by atoms with Crippen molar-refractivity contribution in [1.82, 2.24) is 9.78 Å². The third-order valence-corrected chi connectivity index (χ3v) is 5.70. The van der Waals surface area contributed by atoms with Crippen molar-refractivity contribution in [2.75, 3.05) is 0 Å². The van der Waals surface area contributed by atoms with E-state index in [9.17, 15) is 14.9 Å². The molecule has 2 aromatic carbocycles. The van der Waals surface area contributed by atoms with Crippen molar-refractivity contribution in [3.8, 4) is 11.6 Å². The molecule has 3 aromatic rings. The molecule has 0 aliphatic carbocycles. The fourth-order valence-corrected chi connectivity index (χ4v) is 3.90. The van der Waals surface area contributed by atoms with E-state index in [0.717, 1.165) is 11.8 Å². The molecular formula is C23H25N3O5S. The van der Waals surface area contributed by atoms with E-state index < -0.39 is 22.5 Å². The lowest BCUT2D eigenvalue weighted by Crippen LogP contribution is -2.31. The molecule has 1 unspecified atom stereocenters. The summed E-state index contributed by atoms with van der Waals surface area (Å²) in [6, 6.07) is 15.4. The average Bonchev–Trinajstić information content (AvgIpc) is 3.04. The number of benzene rings is 2. The van der Waals surface area contributed by atoms with Crippen molar-refractivity contribution in [1.29, 1.82) is 0 Å². The molecule has 0 spiro atoms. The molecule has 1 atom stereocenters. The van der Waals surface area contributed by atoms with Gasteiger partial charge in [0.25, 0.3) is 5.69 Å². The van der Waals surface area contributed by atoms with Crippen molar-refractivity contribution in [2.24, 2.45) is 0 Å². The maximum Gasteiger partial charge on any atom is 0.353 e. The van der Waals surface area contributed by atoms with Crippen LogP contribution in [0.1, 0.15) is 33.4 Å². The summed E-state index contributed by atoms with van der Waals surface area (Å²) in [5, 5.41) is 16.0. The van der Waals surface area contributed by atoms with Gasteiger partial charge in [-0.25, -0.2) is 9.48 Å². The van der Waals surface area contributed by atoms with Crippen molar-refractivity contribution >= 4 is 23.4 Å². The molecule has 0 saturated carbocycles. The van der Waals surface area contributed by atoms with Crippen LogP contribution in [0.15, 0.2) is 64.4 Å². The van der Waals surface area contributed by atoms with Gasteiger partial charge in [-0.05, 0) is 52.8 Å². The first kappa shape index (κ1) is 23.3. The van der Waals surface area contributed by atoms with Gasteiger partial charge in [0.2, 0.25) is 5.88 Å². The summed E-state index contributed by atoms with van der Waals surface area (Å²) in [5.74, 6) is 0.183. The van der Waals surface area contributed by atoms with Gasteiger partial charge in [0.15, 0.2) is 6.10 Å². The Labute approximate surface area is 190 Å². The molecule has 0 amide bonds. The van der Waals surface area contributed by atoms with Crippen LogP contribution in [0.3, 0.4) is 0 Å². The fourth-order valence-electron chi connectivity index (χ4n) is 2.89. The molecule has 168 valence electrons. The minimum atomic E-state index is -0.870. The second-order valence-corrected chi connectivity index (χ2v) is 9.18. The summed E-state index contributed by atoms with van der Waals surface area (Å²) in [6.45, 7) is 9.18. The number of rotatable bonds is 7. The molecule has 0 N–H and O–H groups in total. The summed E-state index contributed by atoms with van der Waals surface area (Å²) in [7, 11) is 0. The summed E-state index contributed by atoms with van der Waals surface area (Å²) in [6.07, 6.45) is -0.870. The molecule has 0 aliphatic heterocycles. The number of esters is 1. The maximum absolute atomic E-state index is 12.9. The number of carbonyl (C=O) groups excluding carboxylic acids is 1. The lowest BCUT2D eigenvalue weighted by Gasteiger charge is -2.23. The molecule has 8 nitrogen and oxygen atoms in total. The normalized spacial score (nSPS) is 12.3. The standard InChI is InChI=1S/C23H25N3O5S/c1-15-20(32-19-14-10-9-13-18(19)26(28)29)21(25(24-15)23(3,4)5)31-22(27)16(2)30-17-11-7-6-8-12-17/h6-14,16H,1-5H3. The van der Waals surface area contributed by atoms with Crippen LogP contribution < -0.4 is 9.47 Å². The van der Waals surface area contributed by atoms with E-state index in [4.69, 9.17) is 9.47 Å². The Morgan fingerprint density at radius 1 is 1.12 bits per heavy atom. The Morgan fingerprint density at radius 2 is 1.75 bits per heavy atom. The van der Waals surface area contributed by atoms with Gasteiger partial charge in [-0.2, -0.15) is 5.10 Å². The van der Waals surface area contributed by atoms with Crippen LogP contribution in [0.25, 0.3) is 0 Å². The zero-order valence-corrected chi connectivity index (χ0v) is 19.4. The second kappa shape index (κ2) is 9.44. The first-order valence-corrected chi connectivity index (χ1v) is 10.8. The zero-order chi connectivity index (χ0) is 23.5. The Kier molecular flexibility index (Phi) is 6.88. The van der Waals surface area contributed by atoms with Gasteiger partial charge in [-0.15, -0.1) is 0 Å². The highest BCUT2D eigenvalue weighted by molar-refractivity contribution is 7.99. The van der Waals surface area contributed by atoms with Crippen LogP contribution in [-0.2, 0) is 10.3 Å². The monoisotopic (exact) mass is 455 g/mol. The van der Waals surface area contributed by atoms with E-state index >= 15 is 0 Å². The summed E-state index contributed by atoms with van der Waals surface area (Å²) in [5.41, 5.74) is 0.0756. The Balaban J connectivity index is 1.95. The number of aryl methyl sites for hydroxylation is 1. The van der Waals surface area contributed by atoms with Gasteiger partial charge in [0.05, 0.1) is 25.9 Å². The van der Waals surface area contributed by atoms with E-state index in [-0.39, 0.29) is 11.6 Å². The van der Waals surface area contributed by atoms with Gasteiger partial charge in [-0.3, -0.25) is 10.1 Å².